The first-order chi connectivity index (χ1) is 15.1. The average molecular weight is 478 g/mol. The molecule has 4 aromatic rings. The summed E-state index contributed by atoms with van der Waals surface area (Å²) in [4.78, 5) is 34.1. The number of benzene rings is 2. The average Bonchev–Trinajstić information content (AvgIpc) is 3.11. The zero-order chi connectivity index (χ0) is 23.0. The number of amides is 2. The summed E-state index contributed by atoms with van der Waals surface area (Å²) >= 11 is 5.77. The summed E-state index contributed by atoms with van der Waals surface area (Å²) in [6, 6.07) is 9.16. The van der Waals surface area contributed by atoms with Gasteiger partial charge in [0.05, 0.1) is 10.7 Å². The van der Waals surface area contributed by atoms with Crippen LogP contribution >= 0.6 is 11.6 Å². The summed E-state index contributed by atoms with van der Waals surface area (Å²) in [5.74, 6) is -0.0665. The molecular formula is C18H13ClFN7O4S. The zero-order valence-corrected chi connectivity index (χ0v) is 17.4. The number of aromatic amines is 1. The monoisotopic (exact) mass is 477 g/mol. The predicted octanol–water partition coefficient (Wildman–Crippen LogP) is 2.65. The molecule has 0 aliphatic rings. The van der Waals surface area contributed by atoms with Crippen LogP contribution in [0.25, 0.3) is 16.9 Å². The molecule has 2 aromatic heterocycles. The SMILES string of the molecule is Nc1nc2c(ncn2-c2cccc(NC(=O)Nc3ccc(S(=O)(=O)F)c(Cl)c3)c2)c(=O)[nH]1. The van der Waals surface area contributed by atoms with Crippen LogP contribution in [0.3, 0.4) is 0 Å². The molecule has 11 nitrogen and oxygen atoms in total. The van der Waals surface area contributed by atoms with Crippen LogP contribution in [0.1, 0.15) is 0 Å². The molecule has 32 heavy (non-hydrogen) atoms. The Balaban J connectivity index is 1.56. The van der Waals surface area contributed by atoms with Crippen LogP contribution in [-0.2, 0) is 10.2 Å². The van der Waals surface area contributed by atoms with Crippen molar-refractivity contribution in [3.05, 3.63) is 64.2 Å². The van der Waals surface area contributed by atoms with E-state index in [9.17, 15) is 21.9 Å². The number of nitrogen functional groups attached to an aromatic ring is 1. The van der Waals surface area contributed by atoms with Gasteiger partial charge in [-0.15, -0.1) is 3.89 Å². The fraction of sp³-hybridized carbons (Fsp3) is 0. The molecule has 2 heterocycles. The van der Waals surface area contributed by atoms with E-state index in [4.69, 9.17) is 17.3 Å². The van der Waals surface area contributed by atoms with E-state index >= 15 is 0 Å². The standard InChI is InChI=1S/C18H13ClFN7O4S/c19-12-7-10(4-5-13(12)32(20,30)31)24-18(29)23-9-2-1-3-11(6-9)27-8-22-14-15(27)25-17(21)26-16(14)28/h1-8H,(H2,23,24,29)(H3,21,25,26,28). The van der Waals surface area contributed by atoms with Crippen molar-refractivity contribution in [3.63, 3.8) is 0 Å². The predicted molar refractivity (Wildman–Crippen MR) is 116 cm³/mol. The van der Waals surface area contributed by atoms with Gasteiger partial charge in [0.2, 0.25) is 5.95 Å². The molecule has 0 spiro atoms. The van der Waals surface area contributed by atoms with Crippen LogP contribution in [-0.4, -0.2) is 34.0 Å². The molecule has 0 bridgehead atoms. The number of hydrogen-bond acceptors (Lipinski definition) is 7. The summed E-state index contributed by atoms with van der Waals surface area (Å²) in [5.41, 5.74) is 6.55. The maximum atomic E-state index is 13.1. The van der Waals surface area contributed by atoms with Crippen molar-refractivity contribution in [3.8, 4) is 5.69 Å². The van der Waals surface area contributed by atoms with Gasteiger partial charge in [0.1, 0.15) is 11.2 Å². The molecule has 2 aromatic carbocycles. The summed E-state index contributed by atoms with van der Waals surface area (Å²) in [6.45, 7) is 0. The maximum absolute atomic E-state index is 13.1. The van der Waals surface area contributed by atoms with Crippen LogP contribution in [0, 0.1) is 0 Å². The number of rotatable bonds is 4. The van der Waals surface area contributed by atoms with E-state index in [0.29, 0.717) is 11.4 Å². The Morgan fingerprint density at radius 3 is 2.56 bits per heavy atom. The Labute approximate surface area is 184 Å². The number of nitrogens with two attached hydrogens (primary N) is 1. The highest BCUT2D eigenvalue weighted by atomic mass is 35.5. The lowest BCUT2D eigenvalue weighted by molar-refractivity contribution is 0.262. The number of fused-ring (bicyclic) bond motifs is 1. The van der Waals surface area contributed by atoms with Crippen molar-refractivity contribution >= 4 is 56.3 Å². The number of nitrogens with one attached hydrogen (secondary N) is 3. The summed E-state index contributed by atoms with van der Waals surface area (Å²) in [6.07, 6.45) is 1.40. The van der Waals surface area contributed by atoms with Crippen molar-refractivity contribution in [2.75, 3.05) is 16.4 Å². The Bertz CT molecular complexity index is 1530. The van der Waals surface area contributed by atoms with Gasteiger partial charge in [0, 0.05) is 11.4 Å². The van der Waals surface area contributed by atoms with Crippen LogP contribution in [0.2, 0.25) is 5.02 Å². The molecule has 0 fully saturated rings. The highest BCUT2D eigenvalue weighted by molar-refractivity contribution is 7.86. The van der Waals surface area contributed by atoms with Gasteiger partial charge in [-0.1, -0.05) is 17.7 Å². The minimum Gasteiger partial charge on any atom is -0.369 e. The molecule has 0 aliphatic carbocycles. The van der Waals surface area contributed by atoms with E-state index in [0.717, 1.165) is 12.1 Å². The first kappa shape index (κ1) is 21.3. The number of carbonyl (C=O) groups excluding carboxylic acids is 1. The Kier molecular flexibility index (Phi) is 5.28. The molecule has 4 rings (SSSR count). The molecule has 0 saturated heterocycles. The lowest BCUT2D eigenvalue weighted by Crippen LogP contribution is -2.19. The van der Waals surface area contributed by atoms with Crippen molar-refractivity contribution in [2.45, 2.75) is 4.90 Å². The number of anilines is 3. The number of imidazole rings is 1. The van der Waals surface area contributed by atoms with E-state index in [1.165, 1.54) is 17.0 Å². The quantitative estimate of drug-likeness (QED) is 0.328. The number of H-pyrrole nitrogens is 1. The van der Waals surface area contributed by atoms with Crippen LogP contribution < -0.4 is 21.9 Å². The fourth-order valence-corrected chi connectivity index (χ4v) is 3.90. The smallest absolute Gasteiger partial charge is 0.333 e. The third-order valence-electron chi connectivity index (χ3n) is 4.26. The molecule has 164 valence electrons. The van der Waals surface area contributed by atoms with E-state index in [1.807, 2.05) is 0 Å². The normalized spacial score (nSPS) is 11.4. The Morgan fingerprint density at radius 2 is 1.88 bits per heavy atom. The van der Waals surface area contributed by atoms with Gasteiger partial charge in [0.25, 0.3) is 5.56 Å². The van der Waals surface area contributed by atoms with Crippen molar-refractivity contribution < 1.29 is 17.1 Å². The maximum Gasteiger partial charge on any atom is 0.333 e. The second kappa shape index (κ2) is 7.94. The Hall–Kier alpha value is -3.97. The first-order valence-electron chi connectivity index (χ1n) is 8.77. The van der Waals surface area contributed by atoms with E-state index < -0.39 is 26.7 Å². The second-order valence-corrected chi connectivity index (χ2v) is 8.17. The summed E-state index contributed by atoms with van der Waals surface area (Å²) in [7, 11) is -4.98. The van der Waals surface area contributed by atoms with Crippen molar-refractivity contribution in [2.24, 2.45) is 0 Å². The number of aromatic nitrogens is 4. The van der Waals surface area contributed by atoms with Crippen molar-refractivity contribution in [1.82, 2.24) is 19.5 Å². The third kappa shape index (κ3) is 4.24. The highest BCUT2D eigenvalue weighted by Gasteiger charge is 2.17. The van der Waals surface area contributed by atoms with Crippen molar-refractivity contribution in [1.29, 1.82) is 0 Å². The lowest BCUT2D eigenvalue weighted by atomic mass is 10.2. The van der Waals surface area contributed by atoms with Gasteiger partial charge >= 0.3 is 16.3 Å². The van der Waals surface area contributed by atoms with Crippen LogP contribution in [0.15, 0.2) is 58.5 Å². The van der Waals surface area contributed by atoms with Gasteiger partial charge < -0.3 is 16.4 Å². The molecular weight excluding hydrogens is 465 g/mol. The number of halogens is 2. The molecule has 2 amide bonds. The zero-order valence-electron chi connectivity index (χ0n) is 15.8. The highest BCUT2D eigenvalue weighted by Crippen LogP contribution is 2.26. The molecule has 0 unspecified atom stereocenters. The Morgan fingerprint density at radius 1 is 1.16 bits per heavy atom. The number of nitrogens with zero attached hydrogens (tertiary/aromatic N) is 3. The minimum absolute atomic E-state index is 0.0665. The lowest BCUT2D eigenvalue weighted by Gasteiger charge is -2.10. The van der Waals surface area contributed by atoms with Crippen LogP contribution in [0.5, 0.6) is 0 Å². The first-order valence-corrected chi connectivity index (χ1v) is 10.5. The number of carbonyl (C=O) groups is 1. The minimum atomic E-state index is -4.98. The van der Waals surface area contributed by atoms with Gasteiger partial charge in [0.15, 0.2) is 11.2 Å². The van der Waals surface area contributed by atoms with Crippen LogP contribution in [0.4, 0.5) is 26.0 Å². The molecule has 0 radical (unpaired) electrons. The number of hydrogen-bond donors (Lipinski definition) is 4. The molecule has 14 heteroatoms. The van der Waals surface area contributed by atoms with Gasteiger partial charge in [-0.2, -0.15) is 13.4 Å². The van der Waals surface area contributed by atoms with E-state index in [2.05, 4.69) is 25.6 Å². The topological polar surface area (TPSA) is 165 Å². The largest absolute Gasteiger partial charge is 0.369 e. The molecule has 5 N–H and O–H groups in total. The van der Waals surface area contributed by atoms with Gasteiger partial charge in [-0.3, -0.25) is 14.3 Å². The summed E-state index contributed by atoms with van der Waals surface area (Å²) in [5, 5.41) is 4.69. The second-order valence-electron chi connectivity index (χ2n) is 6.45. The molecule has 0 atom stereocenters. The van der Waals surface area contributed by atoms with E-state index in [1.54, 1.807) is 24.3 Å². The summed E-state index contributed by atoms with van der Waals surface area (Å²) < 4.78 is 36.6. The molecule has 0 saturated carbocycles. The van der Waals surface area contributed by atoms with Gasteiger partial charge in [-0.25, -0.2) is 9.78 Å². The number of urea groups is 1. The third-order valence-corrected chi connectivity index (χ3v) is 5.57. The van der Waals surface area contributed by atoms with Gasteiger partial charge in [-0.05, 0) is 36.4 Å². The van der Waals surface area contributed by atoms with E-state index in [-0.39, 0.29) is 27.8 Å². The molecule has 0 aliphatic heterocycles. The fourth-order valence-electron chi connectivity index (χ4n) is 2.92.